The van der Waals surface area contributed by atoms with Crippen LogP contribution in [0.3, 0.4) is 0 Å². The molecule has 1 aromatic heterocycles. The monoisotopic (exact) mass is 708 g/mol. The van der Waals surface area contributed by atoms with Gasteiger partial charge in [-0.3, -0.25) is 0 Å². The first kappa shape index (κ1) is 32.3. The van der Waals surface area contributed by atoms with Crippen molar-refractivity contribution in [1.82, 2.24) is 4.57 Å². The second-order valence-electron chi connectivity index (χ2n) is 16.9. The number of nitrogens with zero attached hydrogens (tertiary/aromatic N) is 2. The molecule has 2 nitrogen and oxygen atoms in total. The van der Waals surface area contributed by atoms with Crippen molar-refractivity contribution >= 4 is 49.6 Å². The Bertz CT molecular complexity index is 2910. The van der Waals surface area contributed by atoms with E-state index in [1.165, 1.54) is 94.3 Å². The Hall–Kier alpha value is -6.12. The summed E-state index contributed by atoms with van der Waals surface area (Å²) in [6.45, 7) is 12.0. The predicted octanol–water partition coefficient (Wildman–Crippen LogP) is 14.2. The molecule has 3 aliphatic carbocycles. The summed E-state index contributed by atoms with van der Waals surface area (Å²) in [5.74, 6) is 0.802. The summed E-state index contributed by atoms with van der Waals surface area (Å²) in [7, 11) is 0. The molecule has 2 unspecified atom stereocenters. The Balaban J connectivity index is 1.24. The van der Waals surface area contributed by atoms with Crippen molar-refractivity contribution in [2.75, 3.05) is 4.90 Å². The highest BCUT2D eigenvalue weighted by molar-refractivity contribution is 6.12. The van der Waals surface area contributed by atoms with Crippen molar-refractivity contribution in [2.24, 2.45) is 5.92 Å². The van der Waals surface area contributed by atoms with Crippen molar-refractivity contribution in [3.8, 4) is 16.8 Å². The molecular formula is C53H44N2. The van der Waals surface area contributed by atoms with E-state index in [2.05, 4.69) is 208 Å². The Kier molecular flexibility index (Phi) is 6.73. The van der Waals surface area contributed by atoms with Gasteiger partial charge in [-0.05, 0) is 70.1 Å². The summed E-state index contributed by atoms with van der Waals surface area (Å²) >= 11 is 0. The molecule has 0 aliphatic heterocycles. The van der Waals surface area contributed by atoms with Gasteiger partial charge in [-0.15, -0.1) is 0 Å². The summed E-state index contributed by atoms with van der Waals surface area (Å²) in [4.78, 5) is 2.63. The molecule has 11 rings (SSSR count). The van der Waals surface area contributed by atoms with Crippen LogP contribution in [0.25, 0.3) is 49.4 Å². The lowest BCUT2D eigenvalue weighted by atomic mass is 9.75. The molecular weight excluding hydrogens is 665 g/mol. The third-order valence-corrected chi connectivity index (χ3v) is 13.3. The zero-order valence-corrected chi connectivity index (χ0v) is 32.1. The quantitative estimate of drug-likeness (QED) is 0.177. The third-order valence-electron chi connectivity index (χ3n) is 13.3. The van der Waals surface area contributed by atoms with Crippen LogP contribution in [0.15, 0.2) is 169 Å². The molecule has 0 spiro atoms. The van der Waals surface area contributed by atoms with Crippen LogP contribution in [0.1, 0.15) is 62.8 Å². The number of hydrogen-bond donors (Lipinski definition) is 0. The topological polar surface area (TPSA) is 8.17 Å². The minimum atomic E-state index is -0.151. The lowest BCUT2D eigenvalue weighted by Crippen LogP contribution is -2.22. The van der Waals surface area contributed by atoms with Crippen LogP contribution in [0.4, 0.5) is 17.1 Å². The maximum absolute atomic E-state index is 2.63. The Labute approximate surface area is 323 Å². The molecule has 2 heteroatoms. The number of fused-ring (bicyclic) bond motifs is 10. The van der Waals surface area contributed by atoms with Gasteiger partial charge in [-0.25, -0.2) is 0 Å². The van der Waals surface area contributed by atoms with Gasteiger partial charge in [0.1, 0.15) is 0 Å². The van der Waals surface area contributed by atoms with Gasteiger partial charge >= 0.3 is 0 Å². The molecule has 2 atom stereocenters. The minimum Gasteiger partial charge on any atom is -0.309 e. The first-order valence-electron chi connectivity index (χ1n) is 19.8. The van der Waals surface area contributed by atoms with Gasteiger partial charge in [0.15, 0.2) is 0 Å². The predicted molar refractivity (Wildman–Crippen MR) is 233 cm³/mol. The highest BCUT2D eigenvalue weighted by Crippen LogP contribution is 2.60. The number of para-hydroxylation sites is 2. The standard InChI is InChI=1S/C53H44N2/c1-33-17-14-25-41-49(33)39-23-15-30-48(51(39)53(41,4)5)55(47-29-16-26-42-50(47)38-22-8-11-24-40(38)52(42,2)3)46-32-31-45(36-18-6-7-19-37(36)46)54-43-27-12-9-20-34(43)35-21-10-13-28-44(35)54/h6-33,49H,1-5H3. The van der Waals surface area contributed by atoms with Gasteiger partial charge in [0, 0.05) is 43.9 Å². The van der Waals surface area contributed by atoms with Crippen LogP contribution in [0.5, 0.6) is 0 Å². The lowest BCUT2D eigenvalue weighted by molar-refractivity contribution is 0.551. The number of benzene rings is 7. The number of allylic oxidation sites excluding steroid dienone is 4. The zero-order chi connectivity index (χ0) is 37.2. The highest BCUT2D eigenvalue weighted by atomic mass is 15.2. The van der Waals surface area contributed by atoms with Gasteiger partial charge in [-0.1, -0.05) is 168 Å². The van der Waals surface area contributed by atoms with E-state index in [0.29, 0.717) is 11.8 Å². The first-order chi connectivity index (χ1) is 26.8. The van der Waals surface area contributed by atoms with E-state index in [1.54, 1.807) is 0 Å². The summed E-state index contributed by atoms with van der Waals surface area (Å²) in [5, 5.41) is 5.00. The van der Waals surface area contributed by atoms with Crippen LogP contribution in [0.2, 0.25) is 0 Å². The lowest BCUT2D eigenvalue weighted by Gasteiger charge is -2.34. The SMILES string of the molecule is CC1C=CC=C2C1c1cccc(N(c3cccc4c3-c3ccccc3C4(C)C)c3ccc(-n4c5ccccc5c5ccccc54)c4ccccc34)c1C2(C)C. The van der Waals surface area contributed by atoms with Crippen LogP contribution in [-0.2, 0) is 10.8 Å². The smallest absolute Gasteiger partial charge is 0.0543 e. The van der Waals surface area contributed by atoms with Crippen LogP contribution in [-0.4, -0.2) is 4.57 Å². The van der Waals surface area contributed by atoms with E-state index in [4.69, 9.17) is 0 Å². The Morgan fingerprint density at radius 1 is 0.527 bits per heavy atom. The van der Waals surface area contributed by atoms with Gasteiger partial charge in [0.2, 0.25) is 0 Å². The fraction of sp³-hybridized carbons (Fsp3) is 0.170. The molecule has 55 heavy (non-hydrogen) atoms. The normalized spacial score (nSPS) is 18.6. The van der Waals surface area contributed by atoms with E-state index >= 15 is 0 Å². The molecule has 8 aromatic rings. The van der Waals surface area contributed by atoms with E-state index in [0.717, 1.165) is 0 Å². The molecule has 3 aliphatic rings. The number of anilines is 3. The van der Waals surface area contributed by atoms with E-state index in [1.807, 2.05) is 0 Å². The average Bonchev–Trinajstić information content (AvgIpc) is 3.76. The van der Waals surface area contributed by atoms with Gasteiger partial charge in [-0.2, -0.15) is 0 Å². The number of aromatic nitrogens is 1. The van der Waals surface area contributed by atoms with Crippen LogP contribution >= 0.6 is 0 Å². The third kappa shape index (κ3) is 4.31. The number of hydrogen-bond acceptors (Lipinski definition) is 1. The maximum Gasteiger partial charge on any atom is 0.0543 e. The van der Waals surface area contributed by atoms with E-state index in [9.17, 15) is 0 Å². The van der Waals surface area contributed by atoms with Crippen molar-refractivity contribution in [3.63, 3.8) is 0 Å². The van der Waals surface area contributed by atoms with E-state index in [-0.39, 0.29) is 10.8 Å². The second-order valence-corrected chi connectivity index (χ2v) is 16.9. The maximum atomic E-state index is 2.63. The molecule has 0 fully saturated rings. The molecule has 0 amide bonds. The molecule has 0 saturated heterocycles. The highest BCUT2D eigenvalue weighted by Gasteiger charge is 2.47. The Morgan fingerprint density at radius 3 is 1.91 bits per heavy atom. The average molecular weight is 709 g/mol. The zero-order valence-electron chi connectivity index (χ0n) is 32.1. The van der Waals surface area contributed by atoms with Gasteiger partial charge in [0.25, 0.3) is 0 Å². The second kappa shape index (κ2) is 11.4. The van der Waals surface area contributed by atoms with Crippen molar-refractivity contribution < 1.29 is 0 Å². The molecule has 7 aromatic carbocycles. The summed E-state index contributed by atoms with van der Waals surface area (Å²) < 4.78 is 2.47. The molecule has 0 bridgehead atoms. The van der Waals surface area contributed by atoms with Crippen LogP contribution < -0.4 is 4.90 Å². The summed E-state index contributed by atoms with van der Waals surface area (Å²) in [6, 6.07) is 54.6. The van der Waals surface area contributed by atoms with Crippen molar-refractivity contribution in [2.45, 2.75) is 51.4 Å². The molecule has 1 heterocycles. The largest absolute Gasteiger partial charge is 0.309 e. The van der Waals surface area contributed by atoms with E-state index < -0.39 is 0 Å². The fourth-order valence-electron chi connectivity index (χ4n) is 10.9. The Morgan fingerprint density at radius 2 is 1.15 bits per heavy atom. The molecule has 0 saturated carbocycles. The molecule has 266 valence electrons. The van der Waals surface area contributed by atoms with Crippen LogP contribution in [0, 0.1) is 5.92 Å². The fourth-order valence-corrected chi connectivity index (χ4v) is 10.9. The van der Waals surface area contributed by atoms with Gasteiger partial charge in [0.05, 0.1) is 33.8 Å². The minimum absolute atomic E-state index is 0.116. The number of rotatable bonds is 4. The first-order valence-corrected chi connectivity index (χ1v) is 19.8. The summed E-state index contributed by atoms with van der Waals surface area (Å²) in [6.07, 6.45) is 7.06. The van der Waals surface area contributed by atoms with Gasteiger partial charge < -0.3 is 9.47 Å². The van der Waals surface area contributed by atoms with Crippen molar-refractivity contribution in [3.05, 3.63) is 192 Å². The molecule has 0 radical (unpaired) electrons. The molecule has 0 N–H and O–H groups in total. The summed E-state index contributed by atoms with van der Waals surface area (Å²) in [5.41, 5.74) is 16.9. The van der Waals surface area contributed by atoms with Crippen molar-refractivity contribution in [1.29, 1.82) is 0 Å².